The third-order valence-corrected chi connectivity index (χ3v) is 12.4. The fourth-order valence-electron chi connectivity index (χ4n) is 9.42. The number of hydrogen-bond donors (Lipinski definition) is 3. The Morgan fingerprint density at radius 3 is 2.32 bits per heavy atom. The molecule has 9 nitrogen and oxygen atoms in total. The maximum absolute atomic E-state index is 12.2. The molecule has 1 amide bonds. The third kappa shape index (κ3) is 6.36. The lowest BCUT2D eigenvalue weighted by Gasteiger charge is -2.61. The van der Waals surface area contributed by atoms with Crippen LogP contribution in [-0.2, 0) is 29.5 Å². The van der Waals surface area contributed by atoms with Gasteiger partial charge in [-0.3, -0.25) is 13.9 Å². The van der Waals surface area contributed by atoms with Crippen LogP contribution in [0, 0.1) is 46.3 Å². The van der Waals surface area contributed by atoms with Crippen molar-refractivity contribution < 1.29 is 34.9 Å². The Morgan fingerprint density at radius 2 is 1.65 bits per heavy atom. The number of carbonyl (C=O) groups is 1. The van der Waals surface area contributed by atoms with Crippen LogP contribution in [0.3, 0.4) is 0 Å². The highest BCUT2D eigenvalue weighted by atomic mass is 32.3. The summed E-state index contributed by atoms with van der Waals surface area (Å²) in [6.45, 7) is 7.07. The largest absolute Gasteiger partial charge is 0.397 e. The van der Waals surface area contributed by atoms with E-state index in [2.05, 4.69) is 26.1 Å². The Kier molecular flexibility index (Phi) is 8.43. The Labute approximate surface area is 222 Å². The molecule has 4 saturated carbocycles. The van der Waals surface area contributed by atoms with Crippen LogP contribution in [0.4, 0.5) is 0 Å². The van der Waals surface area contributed by atoms with Crippen molar-refractivity contribution in [3.05, 3.63) is 0 Å². The summed E-state index contributed by atoms with van der Waals surface area (Å²) in [7, 11) is -8.49. The van der Waals surface area contributed by atoms with Gasteiger partial charge in [0.15, 0.2) is 0 Å². The second-order valence-corrected chi connectivity index (χ2v) is 15.6. The molecule has 0 spiro atoms. The molecule has 0 saturated heterocycles. The first kappa shape index (κ1) is 29.2. The van der Waals surface area contributed by atoms with E-state index in [1.165, 1.54) is 32.1 Å². The van der Waals surface area contributed by atoms with E-state index in [0.717, 1.165) is 19.3 Å². The number of carbonyl (C=O) groups excluding carboxylic acids is 1. The minimum absolute atomic E-state index is 0.0687. The molecule has 1 unspecified atom stereocenters. The van der Waals surface area contributed by atoms with Gasteiger partial charge in [-0.25, -0.2) is 4.18 Å². The van der Waals surface area contributed by atoms with Gasteiger partial charge in [0.2, 0.25) is 5.91 Å². The molecule has 4 fully saturated rings. The molecular weight excluding hydrogens is 518 g/mol. The van der Waals surface area contributed by atoms with Crippen molar-refractivity contribution in [1.29, 1.82) is 0 Å². The van der Waals surface area contributed by atoms with Crippen molar-refractivity contribution >= 4 is 26.4 Å². The van der Waals surface area contributed by atoms with Gasteiger partial charge >= 0.3 is 10.4 Å². The van der Waals surface area contributed by atoms with Crippen LogP contribution in [0.5, 0.6) is 0 Å². The number of fused-ring (bicyclic) bond motifs is 5. The second kappa shape index (κ2) is 10.7. The molecule has 0 aromatic heterocycles. The van der Waals surface area contributed by atoms with Crippen LogP contribution in [0.1, 0.15) is 91.4 Å². The molecule has 0 bridgehead atoms. The smallest absolute Gasteiger partial charge is 0.355 e. The van der Waals surface area contributed by atoms with Crippen LogP contribution in [0.15, 0.2) is 0 Å². The van der Waals surface area contributed by atoms with E-state index in [1.807, 2.05) is 0 Å². The summed E-state index contributed by atoms with van der Waals surface area (Å²) in [5.74, 6) is 2.75. The van der Waals surface area contributed by atoms with Gasteiger partial charge in [0.1, 0.15) is 0 Å². The number of rotatable bonds is 9. The molecule has 4 aliphatic rings. The maximum Gasteiger partial charge on any atom is 0.397 e. The Hall–Kier alpha value is -0.750. The molecule has 3 N–H and O–H groups in total. The predicted octanol–water partition coefficient (Wildman–Crippen LogP) is 4.25. The quantitative estimate of drug-likeness (QED) is 0.353. The van der Waals surface area contributed by atoms with E-state index in [9.17, 15) is 21.6 Å². The molecule has 11 heteroatoms. The first-order valence-electron chi connectivity index (χ1n) is 14.0. The third-order valence-electron chi connectivity index (χ3n) is 11.1. The van der Waals surface area contributed by atoms with Crippen LogP contribution in [0.2, 0.25) is 0 Å². The first-order chi connectivity index (χ1) is 17.1. The number of amides is 1. The molecule has 0 aromatic carbocycles. The van der Waals surface area contributed by atoms with Gasteiger partial charge in [-0.15, -0.1) is 0 Å². The van der Waals surface area contributed by atoms with Gasteiger partial charge < -0.3 is 5.32 Å². The van der Waals surface area contributed by atoms with Crippen molar-refractivity contribution in [2.24, 2.45) is 46.3 Å². The van der Waals surface area contributed by atoms with E-state index in [1.54, 1.807) is 0 Å². The summed E-state index contributed by atoms with van der Waals surface area (Å²) in [5.41, 5.74) is 0.448. The molecule has 37 heavy (non-hydrogen) atoms. The van der Waals surface area contributed by atoms with E-state index >= 15 is 0 Å². The summed E-state index contributed by atoms with van der Waals surface area (Å²) < 4.78 is 67.2. The first-order valence-corrected chi connectivity index (χ1v) is 17.0. The van der Waals surface area contributed by atoms with Gasteiger partial charge in [-0.2, -0.15) is 16.8 Å². The van der Waals surface area contributed by atoms with Crippen molar-refractivity contribution in [3.63, 3.8) is 0 Å². The zero-order valence-corrected chi connectivity index (χ0v) is 24.0. The minimum atomic E-state index is -4.42. The van der Waals surface area contributed by atoms with Crippen molar-refractivity contribution in [3.8, 4) is 0 Å². The lowest BCUT2D eigenvalue weighted by atomic mass is 9.44. The normalized spacial score (nSPS) is 40.8. The van der Waals surface area contributed by atoms with Crippen molar-refractivity contribution in [1.82, 2.24) is 5.32 Å². The molecular formula is C26H45NO8S2. The van der Waals surface area contributed by atoms with Gasteiger partial charge in [-0.05, 0) is 111 Å². The Balaban J connectivity index is 1.35. The SMILES string of the molecule is C[C@H](CCC(=O)NCCS(=O)(=O)O)[C@H]1CC[C@H]2[C@@H]3CC[C@@H]4C[C@H](OS(=O)(=O)O)CC[C@]4(C)C3CC[C@]12C. The topological polar surface area (TPSA) is 147 Å². The fourth-order valence-corrected chi connectivity index (χ4v) is 10.3. The summed E-state index contributed by atoms with van der Waals surface area (Å²) in [6.07, 6.45) is 10.1. The zero-order chi connectivity index (χ0) is 27.2. The Morgan fingerprint density at radius 1 is 0.973 bits per heavy atom. The standard InChI is InChI=1S/C26H45NO8S2/c1-17(4-9-24(28)27-14-15-36(29,30)31)21-7-8-22-20-6-5-18-16-19(35-37(32,33)34)10-12-25(18,2)23(20)11-13-26(21,22)3/h17-23H,4-16H2,1-3H3,(H,27,28)(H,29,30,31)(H,32,33,34)/t17-,18-,19-,20+,21-,22+,23?,25+,26-/m1/s1. The average Bonchev–Trinajstić information content (AvgIpc) is 3.13. The highest BCUT2D eigenvalue weighted by Crippen LogP contribution is 2.68. The highest BCUT2D eigenvalue weighted by molar-refractivity contribution is 7.85. The van der Waals surface area contributed by atoms with Gasteiger partial charge in [0, 0.05) is 13.0 Å². The van der Waals surface area contributed by atoms with Gasteiger partial charge in [-0.1, -0.05) is 20.8 Å². The Bertz CT molecular complexity index is 1060. The van der Waals surface area contributed by atoms with Crippen LogP contribution >= 0.6 is 0 Å². The van der Waals surface area contributed by atoms with Crippen molar-refractivity contribution in [2.45, 2.75) is 97.5 Å². The van der Waals surface area contributed by atoms with E-state index < -0.39 is 32.4 Å². The maximum atomic E-state index is 12.2. The molecule has 4 rings (SSSR count). The average molecular weight is 564 g/mol. The molecule has 214 valence electrons. The van der Waals surface area contributed by atoms with Crippen LogP contribution in [0.25, 0.3) is 0 Å². The van der Waals surface area contributed by atoms with Crippen LogP contribution < -0.4 is 5.32 Å². The molecule has 4 aliphatic carbocycles. The highest BCUT2D eigenvalue weighted by Gasteiger charge is 2.60. The molecule has 0 heterocycles. The van der Waals surface area contributed by atoms with Crippen LogP contribution in [-0.4, -0.2) is 50.2 Å². The molecule has 0 radical (unpaired) electrons. The van der Waals surface area contributed by atoms with Crippen molar-refractivity contribution in [2.75, 3.05) is 12.3 Å². The molecule has 0 aliphatic heterocycles. The molecule has 9 atom stereocenters. The predicted molar refractivity (Wildman–Crippen MR) is 139 cm³/mol. The van der Waals surface area contributed by atoms with Gasteiger partial charge in [0.25, 0.3) is 10.1 Å². The second-order valence-electron chi connectivity index (χ2n) is 13.0. The number of hydrogen-bond acceptors (Lipinski definition) is 6. The number of nitrogens with one attached hydrogen (secondary N) is 1. The lowest BCUT2D eigenvalue weighted by Crippen LogP contribution is -2.54. The zero-order valence-electron chi connectivity index (χ0n) is 22.4. The summed E-state index contributed by atoms with van der Waals surface area (Å²) >= 11 is 0. The van der Waals surface area contributed by atoms with E-state index in [4.69, 9.17) is 13.3 Å². The summed E-state index contributed by atoms with van der Waals surface area (Å²) in [4.78, 5) is 12.2. The van der Waals surface area contributed by atoms with E-state index in [0.29, 0.717) is 54.8 Å². The summed E-state index contributed by atoms with van der Waals surface area (Å²) in [6, 6.07) is 0. The lowest BCUT2D eigenvalue weighted by molar-refractivity contribution is -0.127. The van der Waals surface area contributed by atoms with Gasteiger partial charge in [0.05, 0.1) is 11.9 Å². The molecule has 0 aromatic rings. The fraction of sp³-hybridized carbons (Fsp3) is 0.962. The monoisotopic (exact) mass is 563 g/mol. The summed E-state index contributed by atoms with van der Waals surface area (Å²) in [5, 5.41) is 2.60. The van der Waals surface area contributed by atoms with E-state index in [-0.39, 0.29) is 23.3 Å². The minimum Gasteiger partial charge on any atom is -0.355 e.